The van der Waals surface area contributed by atoms with E-state index in [9.17, 15) is 5.11 Å². The smallest absolute Gasteiger partial charge is 0.120 e. The standard InChI is InChI=1S/C16H21NO2/c1-15(2)11-19-12-17(15)14-8-6-5-7-13(14)9-10-16(3,4)18/h5-8,18H,11-12H2,1-4H3. The third kappa shape index (κ3) is 3.28. The molecule has 0 amide bonds. The van der Waals surface area contributed by atoms with E-state index < -0.39 is 5.60 Å². The quantitative estimate of drug-likeness (QED) is 0.786. The first kappa shape index (κ1) is 13.9. The van der Waals surface area contributed by atoms with E-state index in [4.69, 9.17) is 4.74 Å². The molecule has 0 atom stereocenters. The Morgan fingerprint density at radius 1 is 1.32 bits per heavy atom. The Morgan fingerprint density at radius 2 is 2.00 bits per heavy atom. The van der Waals surface area contributed by atoms with Crippen molar-refractivity contribution in [3.63, 3.8) is 0 Å². The zero-order valence-corrected chi connectivity index (χ0v) is 12.0. The van der Waals surface area contributed by atoms with Crippen LogP contribution in [0.2, 0.25) is 0 Å². The number of ether oxygens (including phenoxy) is 1. The summed E-state index contributed by atoms with van der Waals surface area (Å²) in [5.74, 6) is 5.94. The average molecular weight is 259 g/mol. The summed E-state index contributed by atoms with van der Waals surface area (Å²) in [7, 11) is 0. The van der Waals surface area contributed by atoms with Crippen LogP contribution in [-0.2, 0) is 4.74 Å². The van der Waals surface area contributed by atoms with Gasteiger partial charge in [0.2, 0.25) is 0 Å². The summed E-state index contributed by atoms with van der Waals surface area (Å²) in [5.41, 5.74) is 0.960. The van der Waals surface area contributed by atoms with Crippen molar-refractivity contribution in [2.75, 3.05) is 18.2 Å². The van der Waals surface area contributed by atoms with Gasteiger partial charge in [-0.1, -0.05) is 24.0 Å². The number of aliphatic hydroxyl groups is 1. The summed E-state index contributed by atoms with van der Waals surface area (Å²) in [6, 6.07) is 7.98. The van der Waals surface area contributed by atoms with E-state index in [1.807, 2.05) is 24.3 Å². The van der Waals surface area contributed by atoms with Gasteiger partial charge in [0.05, 0.1) is 17.8 Å². The van der Waals surface area contributed by atoms with Crippen LogP contribution in [0.25, 0.3) is 0 Å². The van der Waals surface area contributed by atoms with Crippen LogP contribution >= 0.6 is 0 Å². The number of para-hydroxylation sites is 1. The Balaban J connectivity index is 2.39. The van der Waals surface area contributed by atoms with Crippen LogP contribution in [0.4, 0.5) is 5.69 Å². The second-order valence-electron chi connectivity index (χ2n) is 6.04. The molecule has 3 heteroatoms. The van der Waals surface area contributed by atoms with Gasteiger partial charge >= 0.3 is 0 Å². The molecular formula is C16H21NO2. The molecule has 1 aliphatic heterocycles. The van der Waals surface area contributed by atoms with Gasteiger partial charge in [-0.3, -0.25) is 0 Å². The molecule has 1 aromatic carbocycles. The number of rotatable bonds is 1. The molecule has 1 saturated heterocycles. The van der Waals surface area contributed by atoms with Crippen molar-refractivity contribution in [3.05, 3.63) is 29.8 Å². The maximum absolute atomic E-state index is 9.73. The summed E-state index contributed by atoms with van der Waals surface area (Å²) in [5, 5.41) is 9.73. The molecule has 19 heavy (non-hydrogen) atoms. The first-order valence-corrected chi connectivity index (χ1v) is 6.50. The number of hydrogen-bond acceptors (Lipinski definition) is 3. The number of anilines is 1. The molecule has 0 aromatic heterocycles. The minimum atomic E-state index is -0.982. The van der Waals surface area contributed by atoms with Gasteiger partial charge in [-0.05, 0) is 39.8 Å². The highest BCUT2D eigenvalue weighted by Gasteiger charge is 2.33. The van der Waals surface area contributed by atoms with Crippen molar-refractivity contribution in [1.29, 1.82) is 0 Å². The van der Waals surface area contributed by atoms with Crippen LogP contribution in [0.15, 0.2) is 24.3 Å². The molecular weight excluding hydrogens is 238 g/mol. The minimum absolute atomic E-state index is 0.0352. The third-order valence-electron chi connectivity index (χ3n) is 3.10. The van der Waals surface area contributed by atoms with E-state index in [-0.39, 0.29) is 5.54 Å². The Hall–Kier alpha value is -1.50. The van der Waals surface area contributed by atoms with Gasteiger partial charge in [-0.15, -0.1) is 0 Å². The second-order valence-corrected chi connectivity index (χ2v) is 6.04. The lowest BCUT2D eigenvalue weighted by atomic mass is 10.0. The van der Waals surface area contributed by atoms with Crippen LogP contribution in [-0.4, -0.2) is 29.6 Å². The molecule has 0 unspecified atom stereocenters. The highest BCUT2D eigenvalue weighted by atomic mass is 16.5. The predicted molar refractivity (Wildman–Crippen MR) is 77.0 cm³/mol. The fourth-order valence-corrected chi connectivity index (χ4v) is 2.07. The number of nitrogens with zero attached hydrogens (tertiary/aromatic N) is 1. The fourth-order valence-electron chi connectivity index (χ4n) is 2.07. The lowest BCUT2D eigenvalue weighted by molar-refractivity contribution is 0.143. The van der Waals surface area contributed by atoms with E-state index >= 15 is 0 Å². The Bertz CT molecular complexity index is 518. The van der Waals surface area contributed by atoms with E-state index in [1.54, 1.807) is 13.8 Å². The highest BCUT2D eigenvalue weighted by molar-refractivity contribution is 5.62. The zero-order valence-electron chi connectivity index (χ0n) is 12.0. The van der Waals surface area contributed by atoms with Crippen LogP contribution < -0.4 is 4.90 Å². The molecule has 1 aromatic rings. The van der Waals surface area contributed by atoms with Gasteiger partial charge in [-0.25, -0.2) is 0 Å². The topological polar surface area (TPSA) is 32.7 Å². The van der Waals surface area contributed by atoms with Crippen LogP contribution in [0.5, 0.6) is 0 Å². The molecule has 1 N–H and O–H groups in total. The molecule has 0 saturated carbocycles. The summed E-state index contributed by atoms with van der Waals surface area (Å²) in [4.78, 5) is 2.21. The van der Waals surface area contributed by atoms with Crippen molar-refractivity contribution >= 4 is 5.69 Å². The third-order valence-corrected chi connectivity index (χ3v) is 3.10. The number of benzene rings is 1. The average Bonchev–Trinajstić information content (AvgIpc) is 2.66. The normalized spacial score (nSPS) is 18.1. The maximum Gasteiger partial charge on any atom is 0.120 e. The van der Waals surface area contributed by atoms with Gasteiger partial charge in [0.25, 0.3) is 0 Å². The molecule has 0 aliphatic carbocycles. The molecule has 0 radical (unpaired) electrons. The molecule has 1 fully saturated rings. The number of hydrogen-bond donors (Lipinski definition) is 1. The molecule has 0 bridgehead atoms. The van der Waals surface area contributed by atoms with Gasteiger partial charge in [0.15, 0.2) is 0 Å². The van der Waals surface area contributed by atoms with Crippen LogP contribution in [0.1, 0.15) is 33.3 Å². The van der Waals surface area contributed by atoms with E-state index in [2.05, 4.69) is 30.6 Å². The van der Waals surface area contributed by atoms with Gasteiger partial charge in [0.1, 0.15) is 12.3 Å². The van der Waals surface area contributed by atoms with E-state index in [0.717, 1.165) is 11.3 Å². The molecule has 102 valence electrons. The summed E-state index contributed by atoms with van der Waals surface area (Å²) in [6.45, 7) is 8.96. The summed E-state index contributed by atoms with van der Waals surface area (Å²) < 4.78 is 5.56. The highest BCUT2D eigenvalue weighted by Crippen LogP contribution is 2.31. The molecule has 0 spiro atoms. The van der Waals surface area contributed by atoms with Crippen molar-refractivity contribution in [3.8, 4) is 11.8 Å². The maximum atomic E-state index is 9.73. The van der Waals surface area contributed by atoms with E-state index in [1.165, 1.54) is 0 Å². The van der Waals surface area contributed by atoms with E-state index in [0.29, 0.717) is 13.3 Å². The van der Waals surface area contributed by atoms with Gasteiger partial charge in [-0.2, -0.15) is 0 Å². The molecule has 3 nitrogen and oxygen atoms in total. The van der Waals surface area contributed by atoms with Crippen molar-refractivity contribution in [1.82, 2.24) is 0 Å². The molecule has 1 aliphatic rings. The summed E-state index contributed by atoms with van der Waals surface area (Å²) in [6.07, 6.45) is 0. The fraction of sp³-hybridized carbons (Fsp3) is 0.500. The first-order valence-electron chi connectivity index (χ1n) is 6.50. The Morgan fingerprint density at radius 3 is 2.58 bits per heavy atom. The first-order chi connectivity index (χ1) is 8.80. The summed E-state index contributed by atoms with van der Waals surface area (Å²) >= 11 is 0. The lowest BCUT2D eigenvalue weighted by Gasteiger charge is -2.32. The lowest BCUT2D eigenvalue weighted by Crippen LogP contribution is -2.40. The zero-order chi connectivity index (χ0) is 14.1. The minimum Gasteiger partial charge on any atom is -0.378 e. The second kappa shape index (κ2) is 4.88. The van der Waals surface area contributed by atoms with Crippen LogP contribution in [0, 0.1) is 11.8 Å². The largest absolute Gasteiger partial charge is 0.378 e. The predicted octanol–water partition coefficient (Wildman–Crippen LogP) is 2.38. The van der Waals surface area contributed by atoms with Crippen molar-refractivity contribution in [2.45, 2.75) is 38.8 Å². The van der Waals surface area contributed by atoms with Crippen LogP contribution in [0.3, 0.4) is 0 Å². The molecule has 2 rings (SSSR count). The van der Waals surface area contributed by atoms with Gasteiger partial charge in [0, 0.05) is 5.56 Å². The monoisotopic (exact) mass is 259 g/mol. The van der Waals surface area contributed by atoms with Crippen molar-refractivity contribution < 1.29 is 9.84 Å². The molecule has 1 heterocycles. The van der Waals surface area contributed by atoms with Crippen molar-refractivity contribution in [2.24, 2.45) is 0 Å². The SMILES string of the molecule is CC(C)(O)C#Cc1ccccc1N1COCC1(C)C. The Kier molecular flexibility index (Phi) is 3.58. The van der Waals surface area contributed by atoms with Gasteiger partial charge < -0.3 is 14.7 Å². The Labute approximate surface area is 115 Å².